The van der Waals surface area contributed by atoms with Crippen LogP contribution in [-0.4, -0.2) is 30.2 Å². The van der Waals surface area contributed by atoms with Crippen LogP contribution in [0.5, 0.6) is 0 Å². The normalized spacial score (nSPS) is 11.7. The number of carboxylic acids is 1. The molecule has 0 aromatic rings. The van der Waals surface area contributed by atoms with E-state index in [9.17, 15) is 9.59 Å². The van der Waals surface area contributed by atoms with Gasteiger partial charge in [0, 0.05) is 25.9 Å². The minimum Gasteiger partial charge on any atom is -0.481 e. The van der Waals surface area contributed by atoms with E-state index in [0.29, 0.717) is 37.8 Å². The molecule has 0 radical (unpaired) electrons. The van der Waals surface area contributed by atoms with E-state index in [-0.39, 0.29) is 12.5 Å². The maximum absolute atomic E-state index is 11.4. The van der Waals surface area contributed by atoms with Gasteiger partial charge in [0.25, 0.3) is 0 Å². The molecule has 0 aliphatic heterocycles. The molecule has 0 saturated carbocycles. The van der Waals surface area contributed by atoms with Crippen molar-refractivity contribution in [3.8, 4) is 12.3 Å². The van der Waals surface area contributed by atoms with Gasteiger partial charge in [-0.25, -0.2) is 4.79 Å². The Morgan fingerprint density at radius 2 is 1.84 bits per heavy atom. The molecular weight excluding hydrogens is 244 g/mol. The summed E-state index contributed by atoms with van der Waals surface area (Å²) < 4.78 is 0. The third kappa shape index (κ3) is 9.95. The first-order chi connectivity index (χ1) is 8.97. The molecule has 2 amide bonds. The lowest BCUT2D eigenvalue weighted by atomic mass is 9.88. The van der Waals surface area contributed by atoms with Crippen LogP contribution < -0.4 is 10.6 Å². The Morgan fingerprint density at radius 1 is 1.21 bits per heavy atom. The SMILES string of the molecule is C#CCCNC(=O)NCCC(CCC(=O)O)C(C)C. The van der Waals surface area contributed by atoms with Crippen molar-refractivity contribution in [2.45, 2.75) is 39.5 Å². The van der Waals surface area contributed by atoms with E-state index in [1.807, 2.05) is 0 Å². The number of carboxylic acid groups (broad SMARTS) is 1. The van der Waals surface area contributed by atoms with Gasteiger partial charge in [-0.2, -0.15) is 0 Å². The Hall–Kier alpha value is -1.70. The van der Waals surface area contributed by atoms with E-state index in [4.69, 9.17) is 11.5 Å². The van der Waals surface area contributed by atoms with Crippen molar-refractivity contribution in [3.05, 3.63) is 0 Å². The van der Waals surface area contributed by atoms with Gasteiger partial charge < -0.3 is 15.7 Å². The number of amides is 2. The van der Waals surface area contributed by atoms with Crippen molar-refractivity contribution in [1.29, 1.82) is 0 Å². The molecule has 19 heavy (non-hydrogen) atoms. The summed E-state index contributed by atoms with van der Waals surface area (Å²) in [5, 5.41) is 14.1. The molecule has 0 spiro atoms. The van der Waals surface area contributed by atoms with Crippen LogP contribution in [0.2, 0.25) is 0 Å². The minimum absolute atomic E-state index is 0.178. The molecule has 0 aromatic carbocycles. The number of urea groups is 1. The summed E-state index contributed by atoms with van der Waals surface area (Å²) in [4.78, 5) is 21.9. The van der Waals surface area contributed by atoms with E-state index in [0.717, 1.165) is 6.42 Å². The fraction of sp³-hybridized carbons (Fsp3) is 0.714. The quantitative estimate of drug-likeness (QED) is 0.441. The van der Waals surface area contributed by atoms with Gasteiger partial charge in [-0.05, 0) is 24.7 Å². The van der Waals surface area contributed by atoms with Crippen LogP contribution in [0.3, 0.4) is 0 Å². The highest BCUT2D eigenvalue weighted by molar-refractivity contribution is 5.73. The Bertz CT molecular complexity index is 321. The lowest BCUT2D eigenvalue weighted by Crippen LogP contribution is -2.37. The zero-order chi connectivity index (χ0) is 14.7. The van der Waals surface area contributed by atoms with Crippen LogP contribution in [0.4, 0.5) is 4.79 Å². The van der Waals surface area contributed by atoms with Gasteiger partial charge in [-0.1, -0.05) is 13.8 Å². The molecule has 1 atom stereocenters. The molecule has 0 aliphatic rings. The predicted octanol–water partition coefficient (Wildman–Crippen LogP) is 1.84. The molecule has 108 valence electrons. The summed E-state index contributed by atoms with van der Waals surface area (Å²) in [5.41, 5.74) is 0. The number of carbonyl (C=O) groups is 2. The van der Waals surface area contributed by atoms with Crippen LogP contribution in [0, 0.1) is 24.2 Å². The van der Waals surface area contributed by atoms with E-state index in [1.165, 1.54) is 0 Å². The Morgan fingerprint density at radius 3 is 2.37 bits per heavy atom. The number of aliphatic carboxylic acids is 1. The monoisotopic (exact) mass is 268 g/mol. The van der Waals surface area contributed by atoms with Gasteiger partial charge in [0.15, 0.2) is 0 Å². The van der Waals surface area contributed by atoms with Crippen molar-refractivity contribution in [2.75, 3.05) is 13.1 Å². The topological polar surface area (TPSA) is 78.4 Å². The number of nitrogens with one attached hydrogen (secondary N) is 2. The summed E-state index contributed by atoms with van der Waals surface area (Å²) in [5.74, 6) is 2.38. The second-order valence-electron chi connectivity index (χ2n) is 4.86. The fourth-order valence-corrected chi connectivity index (χ4v) is 1.80. The van der Waals surface area contributed by atoms with Crippen LogP contribution in [0.25, 0.3) is 0 Å². The van der Waals surface area contributed by atoms with Crippen molar-refractivity contribution in [3.63, 3.8) is 0 Å². The second-order valence-corrected chi connectivity index (χ2v) is 4.86. The molecule has 5 nitrogen and oxygen atoms in total. The van der Waals surface area contributed by atoms with Crippen molar-refractivity contribution < 1.29 is 14.7 Å². The molecule has 0 bridgehead atoms. The first kappa shape index (κ1) is 17.3. The van der Waals surface area contributed by atoms with Gasteiger partial charge in [-0.3, -0.25) is 4.79 Å². The van der Waals surface area contributed by atoms with Crippen LogP contribution in [-0.2, 0) is 4.79 Å². The number of hydrogen-bond acceptors (Lipinski definition) is 2. The van der Waals surface area contributed by atoms with Gasteiger partial charge in [-0.15, -0.1) is 12.3 Å². The standard InChI is InChI=1S/C14H24N2O3/c1-4-5-9-15-14(19)16-10-8-12(11(2)3)6-7-13(17)18/h1,11-12H,5-10H2,2-3H3,(H,17,18)(H2,15,16,19). The highest BCUT2D eigenvalue weighted by Crippen LogP contribution is 2.20. The molecule has 0 saturated heterocycles. The molecule has 0 fully saturated rings. The van der Waals surface area contributed by atoms with Crippen LogP contribution >= 0.6 is 0 Å². The Labute approximate surface area is 115 Å². The fourth-order valence-electron chi connectivity index (χ4n) is 1.80. The maximum atomic E-state index is 11.4. The lowest BCUT2D eigenvalue weighted by molar-refractivity contribution is -0.137. The lowest BCUT2D eigenvalue weighted by Gasteiger charge is -2.20. The molecule has 5 heteroatoms. The number of carbonyl (C=O) groups excluding carboxylic acids is 1. The van der Waals surface area contributed by atoms with E-state index in [2.05, 4.69) is 30.4 Å². The minimum atomic E-state index is -0.773. The van der Waals surface area contributed by atoms with E-state index >= 15 is 0 Å². The molecule has 0 aromatic heterocycles. The number of terminal acetylenes is 1. The van der Waals surface area contributed by atoms with Gasteiger partial charge in [0.1, 0.15) is 0 Å². The van der Waals surface area contributed by atoms with Crippen molar-refractivity contribution in [1.82, 2.24) is 10.6 Å². The Kier molecular flexibility index (Phi) is 9.33. The molecular formula is C14H24N2O3. The summed E-state index contributed by atoms with van der Waals surface area (Å²) in [6.07, 6.45) is 7.20. The zero-order valence-corrected chi connectivity index (χ0v) is 11.7. The summed E-state index contributed by atoms with van der Waals surface area (Å²) in [7, 11) is 0. The highest BCUT2D eigenvalue weighted by atomic mass is 16.4. The number of hydrogen-bond donors (Lipinski definition) is 3. The maximum Gasteiger partial charge on any atom is 0.314 e. The summed E-state index contributed by atoms with van der Waals surface area (Å²) in [6.45, 7) is 5.15. The van der Waals surface area contributed by atoms with Gasteiger partial charge >= 0.3 is 12.0 Å². The smallest absolute Gasteiger partial charge is 0.314 e. The largest absolute Gasteiger partial charge is 0.481 e. The summed E-state index contributed by atoms with van der Waals surface area (Å²) >= 11 is 0. The van der Waals surface area contributed by atoms with Crippen LogP contribution in [0.15, 0.2) is 0 Å². The molecule has 0 heterocycles. The molecule has 0 rings (SSSR count). The van der Waals surface area contributed by atoms with Gasteiger partial charge in [0.05, 0.1) is 0 Å². The summed E-state index contributed by atoms with van der Waals surface area (Å²) in [6, 6.07) is -0.226. The molecule has 1 unspecified atom stereocenters. The van der Waals surface area contributed by atoms with Crippen molar-refractivity contribution >= 4 is 12.0 Å². The molecule has 3 N–H and O–H groups in total. The third-order valence-corrected chi connectivity index (χ3v) is 3.03. The zero-order valence-electron chi connectivity index (χ0n) is 11.7. The second kappa shape index (κ2) is 10.2. The first-order valence-electron chi connectivity index (χ1n) is 6.64. The average molecular weight is 268 g/mol. The number of rotatable bonds is 9. The third-order valence-electron chi connectivity index (χ3n) is 3.03. The molecule has 0 aliphatic carbocycles. The van der Waals surface area contributed by atoms with E-state index in [1.54, 1.807) is 0 Å². The van der Waals surface area contributed by atoms with Crippen LogP contribution in [0.1, 0.15) is 39.5 Å². The van der Waals surface area contributed by atoms with Crippen molar-refractivity contribution in [2.24, 2.45) is 11.8 Å². The highest BCUT2D eigenvalue weighted by Gasteiger charge is 2.15. The van der Waals surface area contributed by atoms with E-state index < -0.39 is 5.97 Å². The predicted molar refractivity (Wildman–Crippen MR) is 74.7 cm³/mol. The van der Waals surface area contributed by atoms with Gasteiger partial charge in [0.2, 0.25) is 0 Å². The first-order valence-corrected chi connectivity index (χ1v) is 6.64. The average Bonchev–Trinajstić information content (AvgIpc) is 2.33. The Balaban J connectivity index is 3.83.